The summed E-state index contributed by atoms with van der Waals surface area (Å²) >= 11 is 0. The van der Waals surface area contributed by atoms with Gasteiger partial charge in [-0.25, -0.2) is 0 Å². The fourth-order valence-electron chi connectivity index (χ4n) is 0.991. The Morgan fingerprint density at radius 2 is 2.17 bits per heavy atom. The molecule has 1 nitrogen and oxygen atoms in total. The van der Waals surface area contributed by atoms with Crippen molar-refractivity contribution in [2.45, 2.75) is 39.7 Å². The Hall–Kier alpha value is -0.560. The minimum atomic E-state index is -0.307. The Kier molecular flexibility index (Phi) is 5.73. The normalized spacial score (nSPS) is 17.2. The van der Waals surface area contributed by atoms with E-state index in [1.807, 2.05) is 19.1 Å². The first kappa shape index (κ1) is 11.4. The van der Waals surface area contributed by atoms with Gasteiger partial charge in [-0.15, -0.1) is 6.58 Å². The van der Waals surface area contributed by atoms with Gasteiger partial charge in [0.25, 0.3) is 0 Å². The molecule has 0 saturated heterocycles. The third kappa shape index (κ3) is 5.14. The van der Waals surface area contributed by atoms with Crippen molar-refractivity contribution in [2.75, 3.05) is 0 Å². The van der Waals surface area contributed by atoms with Gasteiger partial charge in [0.2, 0.25) is 0 Å². The van der Waals surface area contributed by atoms with Crippen molar-refractivity contribution in [3.05, 3.63) is 24.3 Å². The van der Waals surface area contributed by atoms with Crippen molar-refractivity contribution in [3.8, 4) is 0 Å². The van der Waals surface area contributed by atoms with Gasteiger partial charge >= 0.3 is 0 Å². The van der Waals surface area contributed by atoms with Crippen LogP contribution in [-0.2, 0) is 0 Å². The largest absolute Gasteiger partial charge is 0.389 e. The van der Waals surface area contributed by atoms with Crippen LogP contribution in [-0.4, -0.2) is 11.2 Å². The van der Waals surface area contributed by atoms with Crippen LogP contribution < -0.4 is 0 Å². The Morgan fingerprint density at radius 1 is 1.58 bits per heavy atom. The molecule has 12 heavy (non-hydrogen) atoms. The van der Waals surface area contributed by atoms with E-state index in [0.29, 0.717) is 5.92 Å². The number of aliphatic hydroxyl groups is 1. The second-order valence-electron chi connectivity index (χ2n) is 3.38. The molecule has 0 spiro atoms. The van der Waals surface area contributed by atoms with Crippen molar-refractivity contribution < 1.29 is 5.11 Å². The van der Waals surface area contributed by atoms with Gasteiger partial charge in [0.1, 0.15) is 0 Å². The van der Waals surface area contributed by atoms with Crippen LogP contribution in [0.4, 0.5) is 0 Å². The topological polar surface area (TPSA) is 20.2 Å². The first-order valence-corrected chi connectivity index (χ1v) is 4.58. The molecule has 0 bridgehead atoms. The summed E-state index contributed by atoms with van der Waals surface area (Å²) in [5.74, 6) is 0.390. The molecule has 0 amide bonds. The lowest BCUT2D eigenvalue weighted by Crippen LogP contribution is -2.07. The van der Waals surface area contributed by atoms with Crippen LogP contribution in [0.25, 0.3) is 0 Å². The summed E-state index contributed by atoms with van der Waals surface area (Å²) in [4.78, 5) is 0. The summed E-state index contributed by atoms with van der Waals surface area (Å²) in [7, 11) is 0. The van der Waals surface area contributed by atoms with Crippen molar-refractivity contribution >= 4 is 0 Å². The molecule has 0 saturated carbocycles. The fourth-order valence-corrected chi connectivity index (χ4v) is 0.991. The highest BCUT2D eigenvalue weighted by molar-refractivity contribution is 5.01. The fraction of sp³-hybridized carbons (Fsp3) is 0.636. The van der Waals surface area contributed by atoms with Gasteiger partial charge in [0.05, 0.1) is 6.10 Å². The van der Waals surface area contributed by atoms with E-state index < -0.39 is 0 Å². The molecule has 0 aromatic heterocycles. The first-order chi connectivity index (χ1) is 5.60. The number of aliphatic hydroxyl groups excluding tert-OH is 1. The molecule has 1 N–H and O–H groups in total. The van der Waals surface area contributed by atoms with Crippen LogP contribution in [0.2, 0.25) is 0 Å². The second-order valence-corrected chi connectivity index (χ2v) is 3.38. The van der Waals surface area contributed by atoms with E-state index in [9.17, 15) is 5.11 Å². The summed E-state index contributed by atoms with van der Waals surface area (Å²) in [6, 6.07) is 0. The van der Waals surface area contributed by atoms with Crippen LogP contribution in [0.15, 0.2) is 24.3 Å². The molecule has 2 atom stereocenters. The highest BCUT2D eigenvalue weighted by atomic mass is 16.3. The molecule has 0 aliphatic heterocycles. The van der Waals surface area contributed by atoms with Crippen LogP contribution in [0.3, 0.4) is 0 Å². The highest BCUT2D eigenvalue weighted by Gasteiger charge is 2.04. The molecule has 0 aliphatic carbocycles. The van der Waals surface area contributed by atoms with Crippen molar-refractivity contribution in [3.63, 3.8) is 0 Å². The zero-order valence-corrected chi connectivity index (χ0v) is 8.38. The van der Waals surface area contributed by atoms with Gasteiger partial charge in [-0.1, -0.05) is 31.6 Å². The van der Waals surface area contributed by atoms with Crippen LogP contribution >= 0.6 is 0 Å². The smallest absolute Gasteiger partial charge is 0.0728 e. The lowest BCUT2D eigenvalue weighted by atomic mass is 10.0. The van der Waals surface area contributed by atoms with Crippen LogP contribution in [0.1, 0.15) is 33.6 Å². The first-order valence-electron chi connectivity index (χ1n) is 4.58. The SMILES string of the molecule is C=CC(C)CC(O)/C=C(/C)CC. The Morgan fingerprint density at radius 3 is 2.58 bits per heavy atom. The lowest BCUT2D eigenvalue weighted by Gasteiger charge is -2.10. The Bertz CT molecular complexity index is 158. The maximum absolute atomic E-state index is 9.53. The zero-order valence-electron chi connectivity index (χ0n) is 8.38. The summed E-state index contributed by atoms with van der Waals surface area (Å²) in [5, 5.41) is 9.53. The number of hydrogen-bond donors (Lipinski definition) is 1. The minimum Gasteiger partial charge on any atom is -0.389 e. The van der Waals surface area contributed by atoms with Crippen LogP contribution in [0.5, 0.6) is 0 Å². The number of allylic oxidation sites excluding steroid dienone is 2. The maximum Gasteiger partial charge on any atom is 0.0728 e. The van der Waals surface area contributed by atoms with Crippen molar-refractivity contribution in [1.82, 2.24) is 0 Å². The molecule has 0 heterocycles. The van der Waals surface area contributed by atoms with E-state index in [4.69, 9.17) is 0 Å². The molecule has 0 radical (unpaired) electrons. The molecule has 0 aromatic carbocycles. The Balaban J connectivity index is 3.87. The number of rotatable bonds is 5. The van der Waals surface area contributed by atoms with Gasteiger partial charge in [-0.2, -0.15) is 0 Å². The molecular weight excluding hydrogens is 148 g/mol. The molecule has 70 valence electrons. The zero-order chi connectivity index (χ0) is 9.56. The van der Waals surface area contributed by atoms with Gasteiger partial charge in [0.15, 0.2) is 0 Å². The average Bonchev–Trinajstić information content (AvgIpc) is 2.03. The summed E-state index contributed by atoms with van der Waals surface area (Å²) in [6.45, 7) is 9.88. The molecule has 1 heteroatoms. The van der Waals surface area contributed by atoms with Gasteiger partial charge in [-0.05, 0) is 25.7 Å². The summed E-state index contributed by atoms with van der Waals surface area (Å²) < 4.78 is 0. The predicted octanol–water partition coefficient (Wildman–Crippen LogP) is 2.92. The second kappa shape index (κ2) is 6.01. The molecular formula is C11H20O. The van der Waals surface area contributed by atoms with Gasteiger partial charge < -0.3 is 5.11 Å². The Labute approximate surface area is 75.8 Å². The average molecular weight is 168 g/mol. The van der Waals surface area contributed by atoms with Crippen molar-refractivity contribution in [2.24, 2.45) is 5.92 Å². The van der Waals surface area contributed by atoms with E-state index in [-0.39, 0.29) is 6.10 Å². The molecule has 0 fully saturated rings. The van der Waals surface area contributed by atoms with E-state index in [2.05, 4.69) is 20.4 Å². The molecule has 0 aromatic rings. The standard InChI is InChI=1S/C11H20O/c1-5-9(3)7-11(12)8-10(4)6-2/h5,8-9,11-12H,1,6-7H2,2-4H3/b10-8-. The maximum atomic E-state index is 9.53. The summed E-state index contributed by atoms with van der Waals surface area (Å²) in [5.41, 5.74) is 1.25. The number of hydrogen-bond acceptors (Lipinski definition) is 1. The van der Waals surface area contributed by atoms with Gasteiger partial charge in [-0.3, -0.25) is 0 Å². The molecule has 2 unspecified atom stereocenters. The van der Waals surface area contributed by atoms with Gasteiger partial charge in [0, 0.05) is 0 Å². The van der Waals surface area contributed by atoms with Crippen LogP contribution in [0, 0.1) is 5.92 Å². The highest BCUT2D eigenvalue weighted by Crippen LogP contribution is 2.10. The molecule has 0 aliphatic rings. The third-order valence-electron chi connectivity index (χ3n) is 2.05. The lowest BCUT2D eigenvalue weighted by molar-refractivity contribution is 0.199. The molecule has 0 rings (SSSR count). The van der Waals surface area contributed by atoms with E-state index in [1.165, 1.54) is 5.57 Å². The monoisotopic (exact) mass is 168 g/mol. The van der Waals surface area contributed by atoms with E-state index >= 15 is 0 Å². The van der Waals surface area contributed by atoms with Crippen molar-refractivity contribution in [1.29, 1.82) is 0 Å². The minimum absolute atomic E-state index is 0.307. The predicted molar refractivity (Wildman–Crippen MR) is 54.0 cm³/mol. The van der Waals surface area contributed by atoms with E-state index in [1.54, 1.807) is 0 Å². The quantitative estimate of drug-likeness (QED) is 0.626. The summed E-state index contributed by atoms with van der Waals surface area (Å²) in [6.07, 6.45) is 5.29. The third-order valence-corrected chi connectivity index (χ3v) is 2.05. The van der Waals surface area contributed by atoms with E-state index in [0.717, 1.165) is 12.8 Å².